The number of fused-ring (bicyclic) bond motifs is 3. The van der Waals surface area contributed by atoms with Gasteiger partial charge < -0.3 is 14.4 Å². The zero-order valence-electron chi connectivity index (χ0n) is 20.5. The fourth-order valence-corrected chi connectivity index (χ4v) is 5.82. The minimum absolute atomic E-state index is 0.0947. The van der Waals surface area contributed by atoms with Crippen molar-refractivity contribution in [1.82, 2.24) is 0 Å². The molecule has 0 spiro atoms. The maximum absolute atomic E-state index is 13.6. The number of ether oxygens (including phenoxy) is 2. The van der Waals surface area contributed by atoms with Crippen LogP contribution >= 0.6 is 0 Å². The normalized spacial score (nSPS) is 27.4. The molecule has 6 nitrogen and oxygen atoms in total. The number of nitrogens with zero attached hydrogens (tertiary/aromatic N) is 1. The number of hydrogen-bond donors (Lipinski definition) is 0. The molecule has 0 aromatic heterocycles. The molecule has 0 saturated carbocycles. The van der Waals surface area contributed by atoms with E-state index in [2.05, 4.69) is 6.92 Å². The third-order valence-electron chi connectivity index (χ3n) is 7.72. The Hall–Kier alpha value is -3.25. The van der Waals surface area contributed by atoms with Crippen LogP contribution in [0.5, 0.6) is 0 Å². The van der Waals surface area contributed by atoms with E-state index in [1.807, 2.05) is 35.2 Å². The van der Waals surface area contributed by atoms with Crippen LogP contribution in [0, 0.1) is 5.41 Å². The lowest BCUT2D eigenvalue weighted by Gasteiger charge is -2.35. The van der Waals surface area contributed by atoms with Crippen LogP contribution in [-0.2, 0) is 24.7 Å². The van der Waals surface area contributed by atoms with Crippen molar-refractivity contribution in [3.63, 3.8) is 0 Å². The zero-order valence-corrected chi connectivity index (χ0v) is 20.5. The molecule has 3 atom stereocenters. The van der Waals surface area contributed by atoms with Gasteiger partial charge in [-0.05, 0) is 50.5 Å². The van der Waals surface area contributed by atoms with Gasteiger partial charge in [0.1, 0.15) is 5.41 Å². The van der Waals surface area contributed by atoms with Crippen molar-refractivity contribution in [3.8, 4) is 0 Å². The highest BCUT2D eigenvalue weighted by Crippen LogP contribution is 2.53. The fourth-order valence-electron chi connectivity index (χ4n) is 5.82. The summed E-state index contributed by atoms with van der Waals surface area (Å²) in [5, 5.41) is 0. The molecule has 6 heteroatoms. The molecule has 1 fully saturated rings. The lowest BCUT2D eigenvalue weighted by atomic mass is 9.82. The Labute approximate surface area is 205 Å². The first-order valence-corrected chi connectivity index (χ1v) is 12.4. The van der Waals surface area contributed by atoms with E-state index in [9.17, 15) is 14.4 Å². The molecule has 1 aliphatic carbocycles. The molecule has 35 heavy (non-hydrogen) atoms. The number of para-hydroxylation sites is 1. The minimum Gasteiger partial charge on any atom is -0.446 e. The number of ketones is 2. The molecule has 3 aliphatic rings. The quantitative estimate of drug-likeness (QED) is 0.418. The number of benzene rings is 2. The standard InChI is InChI=1S/C29H31NO5/c1-4-5-13-21-19(2)24(31)28(3,25(21)32)18-30-23-15-10-9-14-22(23)29(16-17-34-27(29)30)35-26(33)20-11-7-6-8-12-20/h6-12,14-15,27H,4-5,13,16-18H2,1-3H3/t27-,28+,29+/m0/s1. The van der Waals surface area contributed by atoms with Crippen LogP contribution in [0.25, 0.3) is 0 Å². The number of unbranched alkanes of at least 4 members (excludes halogenated alkanes) is 1. The average molecular weight is 474 g/mol. The number of hydrogen-bond acceptors (Lipinski definition) is 6. The lowest BCUT2D eigenvalue weighted by Crippen LogP contribution is -2.51. The maximum atomic E-state index is 13.6. The number of esters is 1. The van der Waals surface area contributed by atoms with Crippen molar-refractivity contribution in [2.24, 2.45) is 5.41 Å². The van der Waals surface area contributed by atoms with E-state index < -0.39 is 23.2 Å². The van der Waals surface area contributed by atoms with Gasteiger partial charge in [0.05, 0.1) is 12.2 Å². The average Bonchev–Trinajstić information content (AvgIpc) is 3.44. The molecule has 0 radical (unpaired) electrons. The van der Waals surface area contributed by atoms with Crippen LogP contribution in [0.4, 0.5) is 5.69 Å². The van der Waals surface area contributed by atoms with Crippen molar-refractivity contribution >= 4 is 23.2 Å². The maximum Gasteiger partial charge on any atom is 0.339 e. The summed E-state index contributed by atoms with van der Waals surface area (Å²) in [4.78, 5) is 42.1. The summed E-state index contributed by atoms with van der Waals surface area (Å²) in [6.45, 7) is 6.17. The van der Waals surface area contributed by atoms with Gasteiger partial charge in [0.25, 0.3) is 0 Å². The Balaban J connectivity index is 1.49. The van der Waals surface area contributed by atoms with E-state index in [0.717, 1.165) is 24.1 Å². The lowest BCUT2D eigenvalue weighted by molar-refractivity contribution is -0.133. The van der Waals surface area contributed by atoms with Crippen LogP contribution < -0.4 is 4.90 Å². The van der Waals surface area contributed by atoms with Crippen molar-refractivity contribution in [2.45, 2.75) is 58.3 Å². The summed E-state index contributed by atoms with van der Waals surface area (Å²) in [6.07, 6.45) is 2.35. The van der Waals surface area contributed by atoms with Crippen LogP contribution in [0.3, 0.4) is 0 Å². The molecule has 2 aromatic rings. The number of carbonyl (C=O) groups excluding carboxylic acids is 3. The topological polar surface area (TPSA) is 72.9 Å². The summed E-state index contributed by atoms with van der Waals surface area (Å²) in [7, 11) is 0. The monoisotopic (exact) mass is 473 g/mol. The second-order valence-corrected chi connectivity index (χ2v) is 9.96. The van der Waals surface area contributed by atoms with E-state index >= 15 is 0 Å². The Morgan fingerprint density at radius 2 is 1.80 bits per heavy atom. The molecule has 2 aromatic carbocycles. The van der Waals surface area contributed by atoms with Crippen LogP contribution in [0.2, 0.25) is 0 Å². The van der Waals surface area contributed by atoms with Gasteiger partial charge in [-0.3, -0.25) is 9.59 Å². The van der Waals surface area contributed by atoms with Gasteiger partial charge >= 0.3 is 5.97 Å². The Bertz CT molecular complexity index is 1220. The summed E-state index contributed by atoms with van der Waals surface area (Å²) in [5.41, 5.74) is 1.18. The second kappa shape index (κ2) is 8.76. The third kappa shape index (κ3) is 3.54. The molecule has 0 bridgehead atoms. The number of anilines is 1. The zero-order chi connectivity index (χ0) is 24.8. The molecule has 2 heterocycles. The summed E-state index contributed by atoms with van der Waals surface area (Å²) < 4.78 is 12.4. The van der Waals surface area contributed by atoms with Crippen molar-refractivity contribution < 1.29 is 23.9 Å². The van der Waals surface area contributed by atoms with E-state index in [1.54, 1.807) is 38.1 Å². The van der Waals surface area contributed by atoms with E-state index in [1.165, 1.54) is 0 Å². The highest BCUT2D eigenvalue weighted by Gasteiger charge is 2.61. The molecule has 182 valence electrons. The Kier molecular flexibility index (Phi) is 5.88. The molecule has 2 aliphatic heterocycles. The highest BCUT2D eigenvalue weighted by atomic mass is 16.6. The second-order valence-electron chi connectivity index (χ2n) is 9.96. The van der Waals surface area contributed by atoms with Crippen molar-refractivity contribution in [2.75, 3.05) is 18.1 Å². The SMILES string of the molecule is CCCCC1=C(C)C(=O)[C@@](C)(CN2c3ccccc3[C@]3(OC(=O)c4ccccc4)CCO[C@H]23)C1=O. The predicted octanol–water partition coefficient (Wildman–Crippen LogP) is 4.97. The van der Waals surface area contributed by atoms with Crippen molar-refractivity contribution in [3.05, 3.63) is 76.9 Å². The van der Waals surface area contributed by atoms with Crippen LogP contribution in [0.15, 0.2) is 65.7 Å². The smallest absolute Gasteiger partial charge is 0.339 e. The van der Waals surface area contributed by atoms with Gasteiger partial charge in [-0.25, -0.2) is 4.79 Å². The largest absolute Gasteiger partial charge is 0.446 e. The molecular formula is C29H31NO5. The van der Waals surface area contributed by atoms with Gasteiger partial charge in [-0.1, -0.05) is 49.7 Å². The molecular weight excluding hydrogens is 442 g/mol. The first-order valence-electron chi connectivity index (χ1n) is 12.4. The van der Waals surface area contributed by atoms with Crippen LogP contribution in [-0.4, -0.2) is 36.9 Å². The summed E-state index contributed by atoms with van der Waals surface area (Å²) in [5.74, 6) is -0.637. The molecule has 5 rings (SSSR count). The predicted molar refractivity (Wildman–Crippen MR) is 132 cm³/mol. The molecule has 0 N–H and O–H groups in total. The Morgan fingerprint density at radius 3 is 2.54 bits per heavy atom. The number of Topliss-reactive ketones (excluding diaryl/α,β-unsaturated/α-hetero) is 2. The van der Waals surface area contributed by atoms with Gasteiger partial charge in [0.2, 0.25) is 0 Å². The van der Waals surface area contributed by atoms with Crippen molar-refractivity contribution in [1.29, 1.82) is 0 Å². The third-order valence-corrected chi connectivity index (χ3v) is 7.72. The first-order chi connectivity index (χ1) is 16.8. The summed E-state index contributed by atoms with van der Waals surface area (Å²) in [6, 6.07) is 16.6. The summed E-state index contributed by atoms with van der Waals surface area (Å²) >= 11 is 0. The van der Waals surface area contributed by atoms with Gasteiger partial charge in [-0.15, -0.1) is 0 Å². The fraction of sp³-hybridized carbons (Fsp3) is 0.414. The highest BCUT2D eigenvalue weighted by molar-refractivity contribution is 6.27. The first kappa shape index (κ1) is 23.5. The van der Waals surface area contributed by atoms with E-state index in [4.69, 9.17) is 9.47 Å². The van der Waals surface area contributed by atoms with Gasteiger partial charge in [0.15, 0.2) is 23.4 Å². The minimum atomic E-state index is -1.20. The number of rotatable bonds is 7. The number of carbonyl (C=O) groups is 3. The van der Waals surface area contributed by atoms with Gasteiger partial charge in [-0.2, -0.15) is 0 Å². The van der Waals surface area contributed by atoms with Gasteiger partial charge in [0, 0.05) is 29.8 Å². The Morgan fingerprint density at radius 1 is 1.09 bits per heavy atom. The van der Waals surface area contributed by atoms with E-state index in [0.29, 0.717) is 36.2 Å². The number of allylic oxidation sites excluding steroid dienone is 2. The molecule has 1 saturated heterocycles. The van der Waals surface area contributed by atoms with Crippen LogP contribution in [0.1, 0.15) is 62.4 Å². The molecule has 0 unspecified atom stereocenters. The molecule has 0 amide bonds. The van der Waals surface area contributed by atoms with E-state index in [-0.39, 0.29) is 18.1 Å².